The van der Waals surface area contributed by atoms with E-state index in [0.717, 1.165) is 5.56 Å². The van der Waals surface area contributed by atoms with Crippen LogP contribution in [0.1, 0.15) is 24.1 Å². The highest BCUT2D eigenvalue weighted by molar-refractivity contribution is 7.07. The lowest BCUT2D eigenvalue weighted by atomic mass is 9.94. The number of thiazole rings is 1. The maximum atomic E-state index is 13.7. The van der Waals surface area contributed by atoms with E-state index in [-0.39, 0.29) is 23.0 Å². The molecule has 1 amide bonds. The number of hydrogen-bond donors (Lipinski definition) is 2. The molecule has 1 atom stereocenters. The third-order valence-electron chi connectivity index (χ3n) is 5.84. The number of nitrogens with zero attached hydrogens (tertiary/aromatic N) is 4. The minimum absolute atomic E-state index is 0.0405. The predicted molar refractivity (Wildman–Crippen MR) is 137 cm³/mol. The zero-order valence-corrected chi connectivity index (χ0v) is 20.6. The lowest BCUT2D eigenvalue weighted by molar-refractivity contribution is -0.113. The average Bonchev–Trinajstić information content (AvgIpc) is 3.41. The number of phenols is 1. The summed E-state index contributed by atoms with van der Waals surface area (Å²) in [5, 5.41) is 17.2. The summed E-state index contributed by atoms with van der Waals surface area (Å²) >= 11 is 1.24. The monoisotopic (exact) mass is 501 g/mol. The highest BCUT2D eigenvalue weighted by atomic mass is 32.1. The van der Waals surface area contributed by atoms with Gasteiger partial charge in [-0.1, -0.05) is 35.6 Å². The van der Waals surface area contributed by atoms with Crippen LogP contribution >= 0.6 is 11.3 Å². The van der Waals surface area contributed by atoms with Gasteiger partial charge in [-0.3, -0.25) is 18.8 Å². The largest absolute Gasteiger partial charge is 0.504 e. The Balaban J connectivity index is 1.70. The van der Waals surface area contributed by atoms with Crippen LogP contribution in [0.15, 0.2) is 82.0 Å². The summed E-state index contributed by atoms with van der Waals surface area (Å²) in [4.78, 5) is 32.4. The van der Waals surface area contributed by atoms with Gasteiger partial charge < -0.3 is 15.2 Å². The standard InChI is InChI=1S/C26H23N5O4S/c1-15-22(24(33)29-18-7-5-4-6-8-18)23(17-9-10-19(32)20(12-17)35-3)31-25(34)21(36-26(31)28-15)11-16-13-27-30(2)14-16/h4-14,23,32H,1-3H3,(H,29,33)/b21-11+. The number of phenolic OH excluding ortho intramolecular Hbond substituents is 1. The van der Waals surface area contributed by atoms with E-state index in [2.05, 4.69) is 15.4 Å². The number of methoxy groups -OCH3 is 1. The molecule has 5 rings (SSSR count). The molecule has 0 spiro atoms. The van der Waals surface area contributed by atoms with Crippen LogP contribution in [0.3, 0.4) is 0 Å². The van der Waals surface area contributed by atoms with E-state index in [1.807, 2.05) is 24.4 Å². The Kier molecular flexibility index (Phi) is 6.03. The second-order valence-corrected chi connectivity index (χ2v) is 9.29. The van der Waals surface area contributed by atoms with E-state index in [0.29, 0.717) is 31.9 Å². The van der Waals surface area contributed by atoms with Crippen LogP contribution in [0.2, 0.25) is 0 Å². The van der Waals surface area contributed by atoms with Gasteiger partial charge in [0.05, 0.1) is 35.2 Å². The van der Waals surface area contributed by atoms with Crippen molar-refractivity contribution >= 4 is 29.0 Å². The molecule has 10 heteroatoms. The number of aromatic nitrogens is 3. The number of amides is 1. The van der Waals surface area contributed by atoms with Crippen molar-refractivity contribution in [1.29, 1.82) is 0 Å². The SMILES string of the molecule is COc1cc(C2C(C(=O)Nc3ccccc3)=C(C)N=c3s/c(=C/c4cnn(C)c4)c(=O)n32)ccc1O. The van der Waals surface area contributed by atoms with Gasteiger partial charge in [-0.15, -0.1) is 0 Å². The fourth-order valence-corrected chi connectivity index (χ4v) is 5.22. The first kappa shape index (κ1) is 23.3. The van der Waals surface area contributed by atoms with Crippen LogP contribution in [0, 0.1) is 0 Å². The number of nitrogens with one attached hydrogen (secondary N) is 1. The molecule has 0 saturated carbocycles. The molecule has 2 aromatic heterocycles. The van der Waals surface area contributed by atoms with Gasteiger partial charge >= 0.3 is 0 Å². The predicted octanol–water partition coefficient (Wildman–Crippen LogP) is 2.32. The van der Waals surface area contributed by atoms with Crippen molar-refractivity contribution in [3.63, 3.8) is 0 Å². The molecule has 1 aliphatic rings. The van der Waals surface area contributed by atoms with Gasteiger partial charge in [0.15, 0.2) is 16.3 Å². The van der Waals surface area contributed by atoms with Crippen LogP contribution in [0.4, 0.5) is 5.69 Å². The number of rotatable bonds is 5. The molecule has 2 aromatic carbocycles. The van der Waals surface area contributed by atoms with Crippen molar-refractivity contribution in [3.8, 4) is 11.5 Å². The van der Waals surface area contributed by atoms with Gasteiger partial charge in [0.1, 0.15) is 0 Å². The Morgan fingerprint density at radius 1 is 1.22 bits per heavy atom. The quantitative estimate of drug-likeness (QED) is 0.436. The number of aryl methyl sites for hydroxylation is 1. The molecule has 1 aliphatic heterocycles. The Bertz CT molecular complexity index is 1680. The number of benzene rings is 2. The Morgan fingerprint density at radius 3 is 2.69 bits per heavy atom. The summed E-state index contributed by atoms with van der Waals surface area (Å²) in [7, 11) is 3.25. The number of carbonyl (C=O) groups excluding carboxylic acids is 1. The van der Waals surface area contributed by atoms with Crippen molar-refractivity contribution in [2.24, 2.45) is 12.0 Å². The lowest BCUT2D eigenvalue weighted by Crippen LogP contribution is -2.40. The Labute approximate surface area is 209 Å². The van der Waals surface area contributed by atoms with Crippen LogP contribution in [-0.4, -0.2) is 32.5 Å². The van der Waals surface area contributed by atoms with Crippen molar-refractivity contribution in [2.45, 2.75) is 13.0 Å². The summed E-state index contributed by atoms with van der Waals surface area (Å²) < 4.78 is 8.95. The van der Waals surface area contributed by atoms with Crippen molar-refractivity contribution in [3.05, 3.63) is 103 Å². The zero-order valence-electron chi connectivity index (χ0n) is 19.8. The molecule has 0 aliphatic carbocycles. The molecule has 1 unspecified atom stereocenters. The van der Waals surface area contributed by atoms with E-state index in [1.54, 1.807) is 55.2 Å². The topological polar surface area (TPSA) is 111 Å². The summed E-state index contributed by atoms with van der Waals surface area (Å²) in [6.45, 7) is 1.75. The second-order valence-electron chi connectivity index (χ2n) is 8.28. The molecule has 0 saturated heterocycles. The molecule has 2 N–H and O–H groups in total. The summed E-state index contributed by atoms with van der Waals surface area (Å²) in [5.74, 6) is -0.176. The van der Waals surface area contributed by atoms with Gasteiger partial charge in [-0.2, -0.15) is 5.10 Å². The maximum Gasteiger partial charge on any atom is 0.271 e. The molecule has 0 radical (unpaired) electrons. The van der Waals surface area contributed by atoms with Crippen LogP contribution < -0.4 is 24.9 Å². The van der Waals surface area contributed by atoms with E-state index in [1.165, 1.54) is 29.1 Å². The molecule has 4 aromatic rings. The molecule has 3 heterocycles. The summed E-state index contributed by atoms with van der Waals surface area (Å²) in [6.07, 6.45) is 5.24. The molecule has 36 heavy (non-hydrogen) atoms. The lowest BCUT2D eigenvalue weighted by Gasteiger charge is -2.25. The number of anilines is 1. The smallest absolute Gasteiger partial charge is 0.271 e. The van der Waals surface area contributed by atoms with Gasteiger partial charge in [0, 0.05) is 24.5 Å². The molecular weight excluding hydrogens is 478 g/mol. The number of para-hydroxylation sites is 1. The number of carbonyl (C=O) groups is 1. The van der Waals surface area contributed by atoms with Crippen LogP contribution in [0.25, 0.3) is 6.08 Å². The normalized spacial score (nSPS) is 15.4. The molecular formula is C26H23N5O4S. The van der Waals surface area contributed by atoms with Crippen LogP contribution in [-0.2, 0) is 11.8 Å². The zero-order chi connectivity index (χ0) is 25.4. The molecule has 0 bridgehead atoms. The molecule has 0 fully saturated rings. The van der Waals surface area contributed by atoms with Gasteiger partial charge in [0.2, 0.25) is 0 Å². The highest BCUT2D eigenvalue weighted by Crippen LogP contribution is 2.35. The van der Waals surface area contributed by atoms with Gasteiger partial charge in [-0.05, 0) is 42.8 Å². The van der Waals surface area contributed by atoms with Gasteiger partial charge in [-0.25, -0.2) is 4.99 Å². The number of ether oxygens (including phenoxy) is 1. The first-order valence-corrected chi connectivity index (χ1v) is 11.9. The first-order valence-electron chi connectivity index (χ1n) is 11.1. The van der Waals surface area contributed by atoms with E-state index < -0.39 is 6.04 Å². The second kappa shape index (κ2) is 9.31. The first-order chi connectivity index (χ1) is 17.4. The van der Waals surface area contributed by atoms with Gasteiger partial charge in [0.25, 0.3) is 11.5 Å². The maximum absolute atomic E-state index is 13.7. The molecule has 9 nitrogen and oxygen atoms in total. The van der Waals surface area contributed by atoms with Crippen molar-refractivity contribution < 1.29 is 14.6 Å². The fraction of sp³-hybridized carbons (Fsp3) is 0.154. The number of aromatic hydroxyl groups is 1. The average molecular weight is 502 g/mol. The summed E-state index contributed by atoms with van der Waals surface area (Å²) in [5.41, 5.74) is 2.55. The Hall–Kier alpha value is -4.44. The van der Waals surface area contributed by atoms with Crippen molar-refractivity contribution in [1.82, 2.24) is 14.3 Å². The van der Waals surface area contributed by atoms with Crippen molar-refractivity contribution in [2.75, 3.05) is 12.4 Å². The van der Waals surface area contributed by atoms with E-state index in [9.17, 15) is 14.7 Å². The summed E-state index contributed by atoms with van der Waals surface area (Å²) in [6, 6.07) is 13.1. The van der Waals surface area contributed by atoms with Crippen LogP contribution in [0.5, 0.6) is 11.5 Å². The number of hydrogen-bond acceptors (Lipinski definition) is 7. The van der Waals surface area contributed by atoms with E-state index in [4.69, 9.17) is 4.74 Å². The third-order valence-corrected chi connectivity index (χ3v) is 6.82. The fourth-order valence-electron chi connectivity index (χ4n) is 4.18. The minimum Gasteiger partial charge on any atom is -0.504 e. The third kappa shape index (κ3) is 4.22. The molecule has 182 valence electrons. The minimum atomic E-state index is -0.782. The van der Waals surface area contributed by atoms with E-state index >= 15 is 0 Å². The Morgan fingerprint density at radius 2 is 2.00 bits per heavy atom. The number of allylic oxidation sites excluding steroid dienone is 1. The highest BCUT2D eigenvalue weighted by Gasteiger charge is 2.33. The number of fused-ring (bicyclic) bond motifs is 1.